The molecule has 112 valence electrons. The highest BCUT2D eigenvalue weighted by molar-refractivity contribution is 5.36. The number of hydrogen-bond acceptors (Lipinski definition) is 4. The van der Waals surface area contributed by atoms with Crippen LogP contribution in [0.4, 0.5) is 14.7 Å². The molecule has 21 heavy (non-hydrogen) atoms. The summed E-state index contributed by atoms with van der Waals surface area (Å²) < 4.78 is 27.5. The molecular weight excluding hydrogens is 280 g/mol. The fourth-order valence-corrected chi connectivity index (χ4v) is 1.92. The third-order valence-electron chi connectivity index (χ3n) is 3.13. The quantitative estimate of drug-likeness (QED) is 0.900. The zero-order valence-corrected chi connectivity index (χ0v) is 11.8. The van der Waals surface area contributed by atoms with Crippen LogP contribution in [0.25, 0.3) is 0 Å². The number of nitrogens with one attached hydrogen (secondary N) is 1. The third kappa shape index (κ3) is 2.78. The van der Waals surface area contributed by atoms with Crippen molar-refractivity contribution >= 4 is 5.95 Å². The first-order chi connectivity index (χ1) is 9.82. The van der Waals surface area contributed by atoms with Crippen LogP contribution >= 0.6 is 0 Å². The molecule has 0 aliphatic carbocycles. The molecule has 0 aliphatic heterocycles. The first kappa shape index (κ1) is 15.1. The van der Waals surface area contributed by atoms with Crippen molar-refractivity contribution in [1.82, 2.24) is 9.97 Å². The van der Waals surface area contributed by atoms with Gasteiger partial charge >= 0.3 is 0 Å². The molecule has 0 saturated carbocycles. The number of hydrogen-bond donors (Lipinski definition) is 2. The second-order valence-electron chi connectivity index (χ2n) is 4.83. The smallest absolute Gasteiger partial charge is 0.255 e. The SMILES string of the molecule is Cc1c(C(O)c2c(F)cccc2F)nc(N(C)C)[nH]c1=O. The Bertz CT molecular complexity index is 708. The van der Waals surface area contributed by atoms with E-state index in [-0.39, 0.29) is 17.2 Å². The summed E-state index contributed by atoms with van der Waals surface area (Å²) in [5.41, 5.74) is -0.967. The van der Waals surface area contributed by atoms with Crippen LogP contribution in [0, 0.1) is 18.6 Å². The van der Waals surface area contributed by atoms with Crippen molar-refractivity contribution in [2.24, 2.45) is 0 Å². The maximum Gasteiger partial charge on any atom is 0.255 e. The lowest BCUT2D eigenvalue weighted by Crippen LogP contribution is -2.24. The Morgan fingerprint density at radius 3 is 2.38 bits per heavy atom. The number of benzene rings is 1. The van der Waals surface area contributed by atoms with E-state index < -0.39 is 28.9 Å². The van der Waals surface area contributed by atoms with Crippen LogP contribution in [0.1, 0.15) is 22.9 Å². The number of aromatic amines is 1. The number of nitrogens with zero attached hydrogens (tertiary/aromatic N) is 2. The number of aromatic nitrogens is 2. The highest BCUT2D eigenvalue weighted by Gasteiger charge is 2.24. The first-order valence-electron chi connectivity index (χ1n) is 6.23. The second kappa shape index (κ2) is 5.61. The Kier molecular flexibility index (Phi) is 4.04. The summed E-state index contributed by atoms with van der Waals surface area (Å²) in [4.78, 5) is 20.0. The van der Waals surface area contributed by atoms with E-state index >= 15 is 0 Å². The largest absolute Gasteiger partial charge is 0.382 e. The second-order valence-corrected chi connectivity index (χ2v) is 4.83. The highest BCUT2D eigenvalue weighted by Crippen LogP contribution is 2.27. The van der Waals surface area contributed by atoms with Crippen LogP contribution in [0.3, 0.4) is 0 Å². The van der Waals surface area contributed by atoms with Gasteiger partial charge in [0.1, 0.15) is 17.7 Å². The van der Waals surface area contributed by atoms with E-state index in [4.69, 9.17) is 0 Å². The minimum atomic E-state index is -1.66. The number of H-pyrrole nitrogens is 1. The minimum Gasteiger partial charge on any atom is -0.382 e. The van der Waals surface area contributed by atoms with Crippen molar-refractivity contribution in [1.29, 1.82) is 0 Å². The minimum absolute atomic E-state index is 0.0774. The number of rotatable bonds is 3. The summed E-state index contributed by atoms with van der Waals surface area (Å²) in [6.45, 7) is 1.43. The summed E-state index contributed by atoms with van der Waals surface area (Å²) >= 11 is 0. The van der Waals surface area contributed by atoms with Crippen molar-refractivity contribution in [3.8, 4) is 0 Å². The number of aliphatic hydroxyl groups excluding tert-OH is 1. The van der Waals surface area contributed by atoms with Gasteiger partial charge in [-0.25, -0.2) is 13.8 Å². The molecule has 1 aromatic heterocycles. The van der Waals surface area contributed by atoms with E-state index in [0.29, 0.717) is 0 Å². The summed E-state index contributed by atoms with van der Waals surface area (Å²) in [7, 11) is 3.29. The van der Waals surface area contributed by atoms with Crippen molar-refractivity contribution in [2.45, 2.75) is 13.0 Å². The van der Waals surface area contributed by atoms with E-state index in [1.54, 1.807) is 14.1 Å². The monoisotopic (exact) mass is 295 g/mol. The zero-order chi connectivity index (χ0) is 15.7. The first-order valence-corrected chi connectivity index (χ1v) is 6.23. The third-order valence-corrected chi connectivity index (χ3v) is 3.13. The fraction of sp³-hybridized carbons (Fsp3) is 0.286. The van der Waals surface area contributed by atoms with Crippen LogP contribution in [0.5, 0.6) is 0 Å². The molecule has 7 heteroatoms. The van der Waals surface area contributed by atoms with E-state index in [1.807, 2.05) is 0 Å². The lowest BCUT2D eigenvalue weighted by atomic mass is 10.0. The normalized spacial score (nSPS) is 12.3. The van der Waals surface area contributed by atoms with Crippen LogP contribution in [0.2, 0.25) is 0 Å². The standard InChI is InChI=1S/C14H15F2N3O2/c1-7-11(17-14(19(2)3)18-13(7)21)12(20)10-8(15)5-4-6-9(10)16/h4-6,12,20H,1-3H3,(H,17,18,21). The molecule has 0 saturated heterocycles. The molecule has 0 aliphatic rings. The van der Waals surface area contributed by atoms with Gasteiger partial charge in [0.05, 0.1) is 11.3 Å². The Morgan fingerprint density at radius 2 is 1.86 bits per heavy atom. The summed E-state index contributed by atoms with van der Waals surface area (Å²) in [6, 6.07) is 3.28. The Balaban J connectivity index is 2.63. The molecule has 0 spiro atoms. The molecule has 1 atom stereocenters. The topological polar surface area (TPSA) is 69.2 Å². The van der Waals surface area contributed by atoms with Gasteiger partial charge in [0.15, 0.2) is 0 Å². The van der Waals surface area contributed by atoms with E-state index in [0.717, 1.165) is 12.1 Å². The molecule has 2 rings (SSSR count). The van der Waals surface area contributed by atoms with Gasteiger partial charge in [-0.1, -0.05) is 6.07 Å². The predicted octanol–water partition coefficient (Wildman–Crippen LogP) is 1.50. The Labute approximate surface area is 119 Å². The molecule has 1 aromatic carbocycles. The van der Waals surface area contributed by atoms with Gasteiger partial charge in [-0.3, -0.25) is 9.78 Å². The van der Waals surface area contributed by atoms with Crippen molar-refractivity contribution in [2.75, 3.05) is 19.0 Å². The summed E-state index contributed by atoms with van der Waals surface area (Å²) in [6.07, 6.45) is -1.66. The van der Waals surface area contributed by atoms with E-state index in [2.05, 4.69) is 9.97 Å². The van der Waals surface area contributed by atoms with Crippen LogP contribution in [0.15, 0.2) is 23.0 Å². The maximum atomic E-state index is 13.8. The van der Waals surface area contributed by atoms with Gasteiger partial charge in [-0.05, 0) is 19.1 Å². The fourth-order valence-electron chi connectivity index (χ4n) is 1.92. The van der Waals surface area contributed by atoms with Gasteiger partial charge in [0, 0.05) is 19.7 Å². The molecule has 2 aromatic rings. The maximum absolute atomic E-state index is 13.8. The average Bonchev–Trinajstić information content (AvgIpc) is 2.41. The molecule has 0 bridgehead atoms. The van der Waals surface area contributed by atoms with Crippen LogP contribution in [-0.4, -0.2) is 29.2 Å². The van der Waals surface area contributed by atoms with Crippen LogP contribution in [-0.2, 0) is 0 Å². The van der Waals surface area contributed by atoms with Gasteiger partial charge < -0.3 is 10.0 Å². The average molecular weight is 295 g/mol. The van der Waals surface area contributed by atoms with Crippen molar-refractivity contribution < 1.29 is 13.9 Å². The molecule has 0 radical (unpaired) electrons. The molecule has 5 nitrogen and oxygen atoms in total. The predicted molar refractivity (Wildman–Crippen MR) is 74.3 cm³/mol. The molecule has 0 amide bonds. The van der Waals surface area contributed by atoms with Gasteiger partial charge in [-0.15, -0.1) is 0 Å². The van der Waals surface area contributed by atoms with E-state index in [9.17, 15) is 18.7 Å². The highest BCUT2D eigenvalue weighted by atomic mass is 19.1. The Morgan fingerprint density at radius 1 is 1.29 bits per heavy atom. The molecule has 1 heterocycles. The summed E-state index contributed by atoms with van der Waals surface area (Å²) in [5, 5.41) is 10.3. The number of aliphatic hydroxyl groups is 1. The van der Waals surface area contributed by atoms with E-state index in [1.165, 1.54) is 17.9 Å². The van der Waals surface area contributed by atoms with Crippen molar-refractivity contribution in [3.05, 3.63) is 57.0 Å². The lowest BCUT2D eigenvalue weighted by molar-refractivity contribution is 0.203. The van der Waals surface area contributed by atoms with Gasteiger partial charge in [0.2, 0.25) is 5.95 Å². The van der Waals surface area contributed by atoms with Gasteiger partial charge in [-0.2, -0.15) is 0 Å². The summed E-state index contributed by atoms with van der Waals surface area (Å²) in [5.74, 6) is -1.60. The van der Waals surface area contributed by atoms with Crippen LogP contribution < -0.4 is 10.5 Å². The molecule has 2 N–H and O–H groups in total. The zero-order valence-electron chi connectivity index (χ0n) is 11.8. The van der Waals surface area contributed by atoms with Crippen molar-refractivity contribution in [3.63, 3.8) is 0 Å². The molecule has 0 fully saturated rings. The molecular formula is C14H15F2N3O2. The lowest BCUT2D eigenvalue weighted by Gasteiger charge is -2.17. The molecule has 1 unspecified atom stereocenters. The number of anilines is 1. The Hall–Kier alpha value is -2.28. The number of halogens is 2. The van der Waals surface area contributed by atoms with Gasteiger partial charge in [0.25, 0.3) is 5.56 Å².